The van der Waals surface area contributed by atoms with Gasteiger partial charge in [0.2, 0.25) is 18.1 Å². The molecular weight excluding hydrogens is 182 g/mol. The van der Waals surface area contributed by atoms with E-state index in [1.54, 1.807) is 17.1 Å². The molecule has 2 heterocycles. The van der Waals surface area contributed by atoms with Crippen molar-refractivity contribution in [3.8, 4) is 11.7 Å². The number of hydrogen-bond acceptors (Lipinski definition) is 4. The lowest BCUT2D eigenvalue weighted by Gasteiger charge is -2.04. The first-order chi connectivity index (χ1) is 6.65. The fraction of sp³-hybridized carbons (Fsp3) is 0.125. The van der Waals surface area contributed by atoms with Crippen LogP contribution in [0.15, 0.2) is 24.8 Å². The van der Waals surface area contributed by atoms with Gasteiger partial charge >= 0.3 is 0 Å². The molecule has 0 aliphatic rings. The second-order valence-corrected chi connectivity index (χ2v) is 2.91. The van der Waals surface area contributed by atoms with Crippen LogP contribution in [0.4, 0.5) is 5.95 Å². The van der Waals surface area contributed by atoms with Crippen molar-refractivity contribution in [2.75, 3.05) is 5.73 Å². The fourth-order valence-corrected chi connectivity index (χ4v) is 1.15. The second-order valence-electron chi connectivity index (χ2n) is 2.91. The molecule has 14 heavy (non-hydrogen) atoms. The minimum absolute atomic E-state index is 0.0103. The summed E-state index contributed by atoms with van der Waals surface area (Å²) in [5.74, 6) is 0.0795. The largest absolute Gasteiger partial charge is 0.858 e. The monoisotopic (exact) mass is 191 g/mol. The number of nitrogen functional groups attached to an aromatic ring is 1. The first-order valence-electron chi connectivity index (χ1n) is 4.00. The van der Waals surface area contributed by atoms with E-state index in [2.05, 4.69) is 9.97 Å². The van der Waals surface area contributed by atoms with Crippen molar-refractivity contribution < 1.29 is 9.67 Å². The van der Waals surface area contributed by atoms with Crippen molar-refractivity contribution in [3.63, 3.8) is 0 Å². The van der Waals surface area contributed by atoms with Gasteiger partial charge in [-0.25, -0.2) is 9.55 Å². The van der Waals surface area contributed by atoms with Gasteiger partial charge < -0.3 is 10.8 Å². The summed E-state index contributed by atoms with van der Waals surface area (Å²) in [5, 5.41) is 11.0. The number of hydrogen-bond donors (Lipinski definition) is 1. The van der Waals surface area contributed by atoms with Crippen molar-refractivity contribution in [3.05, 3.63) is 24.8 Å². The minimum Gasteiger partial charge on any atom is -0.858 e. The lowest BCUT2D eigenvalue weighted by molar-refractivity contribution is -0.670. The van der Waals surface area contributed by atoms with Gasteiger partial charge in [0, 0.05) is 6.07 Å². The minimum atomic E-state index is -0.385. The van der Waals surface area contributed by atoms with Crippen LogP contribution < -0.4 is 15.4 Å². The average Bonchev–Trinajstić information content (AvgIpc) is 2.50. The van der Waals surface area contributed by atoms with Gasteiger partial charge in [-0.05, 0) is 5.88 Å². The molecule has 2 aromatic heterocycles. The van der Waals surface area contributed by atoms with Crippen molar-refractivity contribution in [2.24, 2.45) is 7.05 Å². The molecule has 0 spiro atoms. The molecule has 0 atom stereocenters. The molecule has 0 aliphatic heterocycles. The van der Waals surface area contributed by atoms with Gasteiger partial charge in [-0.15, -0.1) is 0 Å². The molecule has 72 valence electrons. The Hall–Kier alpha value is -2.11. The Morgan fingerprint density at radius 2 is 2.29 bits per heavy atom. The maximum Gasteiger partial charge on any atom is 0.250 e. The molecule has 0 unspecified atom stereocenters. The quantitative estimate of drug-likeness (QED) is 0.571. The molecular formula is C8H9N5O. The van der Waals surface area contributed by atoms with Crippen LogP contribution in [0.5, 0.6) is 5.88 Å². The standard InChI is InChI=1S/C8H9N5O/c1-12-2-3-13(5-12)6-4-7(14)11-8(9)10-6/h2-5H,1H3,(H2-,9,10,11,14). The summed E-state index contributed by atoms with van der Waals surface area (Å²) < 4.78 is 3.53. The van der Waals surface area contributed by atoms with Crippen LogP contribution in [-0.4, -0.2) is 14.5 Å². The summed E-state index contributed by atoms with van der Waals surface area (Å²) in [6, 6.07) is 1.33. The topological polar surface area (TPSA) is 83.7 Å². The number of anilines is 1. The molecule has 0 aliphatic carbocycles. The lowest BCUT2D eigenvalue weighted by Crippen LogP contribution is -2.23. The Kier molecular flexibility index (Phi) is 1.81. The Labute approximate surface area is 80.3 Å². The van der Waals surface area contributed by atoms with E-state index in [9.17, 15) is 5.11 Å². The predicted molar refractivity (Wildman–Crippen MR) is 46.4 cm³/mol. The van der Waals surface area contributed by atoms with E-state index in [-0.39, 0.29) is 11.8 Å². The highest BCUT2D eigenvalue weighted by Crippen LogP contribution is 2.09. The van der Waals surface area contributed by atoms with Crippen LogP contribution in [0, 0.1) is 0 Å². The highest BCUT2D eigenvalue weighted by Gasteiger charge is 2.06. The van der Waals surface area contributed by atoms with Gasteiger partial charge in [-0.3, -0.25) is 0 Å². The van der Waals surface area contributed by atoms with Crippen LogP contribution in [0.3, 0.4) is 0 Å². The third-order valence-electron chi connectivity index (χ3n) is 1.74. The highest BCUT2D eigenvalue weighted by atomic mass is 16.3. The molecule has 0 saturated carbocycles. The number of rotatable bonds is 1. The van der Waals surface area contributed by atoms with Crippen LogP contribution in [-0.2, 0) is 7.05 Å². The summed E-state index contributed by atoms with van der Waals surface area (Å²) in [6.45, 7) is 0. The third-order valence-corrected chi connectivity index (χ3v) is 1.74. The van der Waals surface area contributed by atoms with Crippen LogP contribution in [0.25, 0.3) is 5.82 Å². The van der Waals surface area contributed by atoms with Crippen molar-refractivity contribution in [1.29, 1.82) is 0 Å². The Balaban J connectivity index is 2.51. The zero-order chi connectivity index (χ0) is 10.1. The molecule has 6 heteroatoms. The van der Waals surface area contributed by atoms with Crippen LogP contribution >= 0.6 is 0 Å². The van der Waals surface area contributed by atoms with E-state index in [1.165, 1.54) is 6.07 Å². The van der Waals surface area contributed by atoms with E-state index in [0.29, 0.717) is 5.82 Å². The maximum atomic E-state index is 11.0. The smallest absolute Gasteiger partial charge is 0.250 e. The van der Waals surface area contributed by atoms with Crippen molar-refractivity contribution in [1.82, 2.24) is 14.5 Å². The van der Waals surface area contributed by atoms with Gasteiger partial charge in [0.1, 0.15) is 12.4 Å². The molecule has 0 amide bonds. The maximum absolute atomic E-state index is 11.0. The van der Waals surface area contributed by atoms with Gasteiger partial charge in [0.05, 0.1) is 7.05 Å². The fourth-order valence-electron chi connectivity index (χ4n) is 1.15. The lowest BCUT2D eigenvalue weighted by atomic mass is 10.5. The van der Waals surface area contributed by atoms with E-state index < -0.39 is 0 Å². The molecule has 0 fully saturated rings. The van der Waals surface area contributed by atoms with Crippen molar-refractivity contribution in [2.45, 2.75) is 0 Å². The zero-order valence-electron chi connectivity index (χ0n) is 7.58. The number of nitrogens with zero attached hydrogens (tertiary/aromatic N) is 4. The number of aryl methyl sites for hydroxylation is 1. The van der Waals surface area contributed by atoms with Crippen molar-refractivity contribution >= 4 is 5.95 Å². The SMILES string of the molecule is C[n+]1ccn(-c2cc([O-])nc(N)n2)c1. The number of imidazole rings is 1. The van der Waals surface area contributed by atoms with Crippen LogP contribution in [0.1, 0.15) is 0 Å². The summed E-state index contributed by atoms with van der Waals surface area (Å²) in [7, 11) is 1.87. The molecule has 0 saturated heterocycles. The summed E-state index contributed by atoms with van der Waals surface area (Å²) in [6.07, 6.45) is 5.39. The summed E-state index contributed by atoms with van der Waals surface area (Å²) in [4.78, 5) is 7.39. The van der Waals surface area contributed by atoms with Gasteiger partial charge in [-0.1, -0.05) is 0 Å². The third kappa shape index (κ3) is 1.49. The Morgan fingerprint density at radius 3 is 2.86 bits per heavy atom. The molecule has 6 nitrogen and oxygen atoms in total. The molecule has 2 aromatic rings. The number of aromatic nitrogens is 4. The van der Waals surface area contributed by atoms with Gasteiger partial charge in [-0.2, -0.15) is 9.55 Å². The Morgan fingerprint density at radius 1 is 1.50 bits per heavy atom. The van der Waals surface area contributed by atoms with E-state index >= 15 is 0 Å². The number of nitrogens with two attached hydrogens (primary N) is 1. The van der Waals surface area contributed by atoms with E-state index in [1.807, 2.05) is 17.8 Å². The second kappa shape index (κ2) is 2.99. The predicted octanol–water partition coefficient (Wildman–Crippen LogP) is -1.25. The molecule has 0 bridgehead atoms. The average molecular weight is 191 g/mol. The van der Waals surface area contributed by atoms with Gasteiger partial charge in [0.15, 0.2) is 0 Å². The Bertz CT molecular complexity index is 444. The zero-order valence-corrected chi connectivity index (χ0v) is 7.58. The first-order valence-corrected chi connectivity index (χ1v) is 4.00. The first kappa shape index (κ1) is 8.49. The summed E-state index contributed by atoms with van der Waals surface area (Å²) >= 11 is 0. The van der Waals surface area contributed by atoms with E-state index in [4.69, 9.17) is 5.73 Å². The highest BCUT2D eigenvalue weighted by molar-refractivity contribution is 5.33. The van der Waals surface area contributed by atoms with E-state index in [0.717, 1.165) is 0 Å². The molecule has 2 N–H and O–H groups in total. The van der Waals surface area contributed by atoms with Gasteiger partial charge in [0.25, 0.3) is 0 Å². The molecule has 2 rings (SSSR count). The molecule has 0 aromatic carbocycles. The molecule has 0 radical (unpaired) electrons. The normalized spacial score (nSPS) is 10.4. The van der Waals surface area contributed by atoms with Crippen LogP contribution in [0.2, 0.25) is 0 Å². The summed E-state index contributed by atoms with van der Waals surface area (Å²) in [5.41, 5.74) is 5.36.